The molecule has 0 aromatic carbocycles. The third-order valence-electron chi connectivity index (χ3n) is 3.34. The third-order valence-corrected chi connectivity index (χ3v) is 3.34. The predicted octanol–water partition coefficient (Wildman–Crippen LogP) is 2.11. The molecule has 0 fully saturated rings. The SMILES string of the molecule is CCN(CC)CCC(NN)c1cncc(OC(C)C)c1. The van der Waals surface area contributed by atoms with Gasteiger partial charge in [-0.05, 0) is 51.5 Å². The Labute approximate surface area is 122 Å². The topological polar surface area (TPSA) is 63.4 Å². The van der Waals surface area contributed by atoms with Gasteiger partial charge < -0.3 is 9.64 Å². The van der Waals surface area contributed by atoms with Crippen molar-refractivity contribution in [2.24, 2.45) is 5.84 Å². The molecule has 1 atom stereocenters. The Morgan fingerprint density at radius 3 is 2.55 bits per heavy atom. The molecule has 1 unspecified atom stereocenters. The molecule has 0 aliphatic carbocycles. The second kappa shape index (κ2) is 8.89. The first-order valence-corrected chi connectivity index (χ1v) is 7.40. The van der Waals surface area contributed by atoms with Gasteiger partial charge in [0.25, 0.3) is 0 Å². The van der Waals surface area contributed by atoms with Gasteiger partial charge in [0.1, 0.15) is 5.75 Å². The third kappa shape index (κ3) is 5.45. The van der Waals surface area contributed by atoms with Crippen LogP contribution in [0.2, 0.25) is 0 Å². The van der Waals surface area contributed by atoms with E-state index in [4.69, 9.17) is 10.6 Å². The van der Waals surface area contributed by atoms with Crippen LogP contribution in [-0.4, -0.2) is 35.6 Å². The van der Waals surface area contributed by atoms with Gasteiger partial charge in [0.15, 0.2) is 0 Å². The summed E-state index contributed by atoms with van der Waals surface area (Å²) in [5.74, 6) is 6.48. The van der Waals surface area contributed by atoms with Crippen LogP contribution >= 0.6 is 0 Å². The van der Waals surface area contributed by atoms with Gasteiger partial charge in [-0.25, -0.2) is 0 Å². The van der Waals surface area contributed by atoms with E-state index >= 15 is 0 Å². The van der Waals surface area contributed by atoms with Gasteiger partial charge in [-0.1, -0.05) is 13.8 Å². The van der Waals surface area contributed by atoms with Crippen molar-refractivity contribution in [3.05, 3.63) is 24.0 Å². The molecule has 3 N–H and O–H groups in total. The molecule has 0 amide bonds. The fraction of sp³-hybridized carbons (Fsp3) is 0.667. The van der Waals surface area contributed by atoms with Crippen molar-refractivity contribution in [3.8, 4) is 5.75 Å². The Kier molecular flexibility index (Phi) is 7.51. The van der Waals surface area contributed by atoms with Crippen molar-refractivity contribution in [2.75, 3.05) is 19.6 Å². The van der Waals surface area contributed by atoms with Crippen molar-refractivity contribution in [2.45, 2.75) is 46.3 Å². The first-order chi connectivity index (χ1) is 9.60. The molecular formula is C15H28N4O. The van der Waals surface area contributed by atoms with Crippen molar-refractivity contribution in [3.63, 3.8) is 0 Å². The van der Waals surface area contributed by atoms with Crippen LogP contribution in [0.3, 0.4) is 0 Å². The number of ether oxygens (including phenoxy) is 1. The molecule has 1 aromatic rings. The number of pyridine rings is 1. The minimum atomic E-state index is 0.0961. The summed E-state index contributed by atoms with van der Waals surface area (Å²) < 4.78 is 5.68. The van der Waals surface area contributed by atoms with Gasteiger partial charge in [-0.3, -0.25) is 16.3 Å². The van der Waals surface area contributed by atoms with E-state index in [0.29, 0.717) is 0 Å². The van der Waals surface area contributed by atoms with Crippen molar-refractivity contribution in [1.29, 1.82) is 0 Å². The quantitative estimate of drug-likeness (QED) is 0.536. The molecule has 20 heavy (non-hydrogen) atoms. The summed E-state index contributed by atoms with van der Waals surface area (Å²) in [5, 5.41) is 0. The maximum absolute atomic E-state index is 5.69. The molecule has 1 rings (SSSR count). The minimum absolute atomic E-state index is 0.0961. The van der Waals surface area contributed by atoms with Gasteiger partial charge in [0.05, 0.1) is 12.3 Å². The number of hydrazine groups is 1. The van der Waals surface area contributed by atoms with Gasteiger partial charge >= 0.3 is 0 Å². The highest BCUT2D eigenvalue weighted by molar-refractivity contribution is 5.26. The highest BCUT2D eigenvalue weighted by atomic mass is 16.5. The Bertz CT molecular complexity index is 380. The number of rotatable bonds is 9. The van der Waals surface area contributed by atoms with Crippen LogP contribution < -0.4 is 16.0 Å². The van der Waals surface area contributed by atoms with Crippen molar-refractivity contribution in [1.82, 2.24) is 15.3 Å². The van der Waals surface area contributed by atoms with Crippen molar-refractivity contribution >= 4 is 0 Å². The number of nitrogens with one attached hydrogen (secondary N) is 1. The van der Waals surface area contributed by atoms with E-state index in [1.54, 1.807) is 6.20 Å². The molecule has 0 saturated heterocycles. The van der Waals surface area contributed by atoms with E-state index in [0.717, 1.165) is 37.4 Å². The Balaban J connectivity index is 2.69. The van der Waals surface area contributed by atoms with Crippen LogP contribution in [0, 0.1) is 0 Å². The second-order valence-electron chi connectivity index (χ2n) is 5.16. The molecule has 0 aliphatic heterocycles. The van der Waals surface area contributed by atoms with E-state index in [1.807, 2.05) is 26.1 Å². The maximum atomic E-state index is 5.69. The Hall–Kier alpha value is -1.17. The molecule has 0 bridgehead atoms. The second-order valence-corrected chi connectivity index (χ2v) is 5.16. The van der Waals surface area contributed by atoms with Crippen LogP contribution in [-0.2, 0) is 0 Å². The molecular weight excluding hydrogens is 252 g/mol. The zero-order valence-corrected chi connectivity index (χ0v) is 13.1. The number of aromatic nitrogens is 1. The fourth-order valence-electron chi connectivity index (χ4n) is 2.16. The molecule has 0 saturated carbocycles. The first-order valence-electron chi connectivity index (χ1n) is 7.40. The van der Waals surface area contributed by atoms with E-state index in [1.165, 1.54) is 0 Å². The van der Waals surface area contributed by atoms with Gasteiger partial charge in [0.2, 0.25) is 0 Å². The highest BCUT2D eigenvalue weighted by Crippen LogP contribution is 2.21. The normalized spacial score (nSPS) is 12.9. The first kappa shape index (κ1) is 16.9. The van der Waals surface area contributed by atoms with Crippen molar-refractivity contribution < 1.29 is 4.74 Å². The van der Waals surface area contributed by atoms with E-state index in [2.05, 4.69) is 29.2 Å². The maximum Gasteiger partial charge on any atom is 0.138 e. The number of nitrogens with two attached hydrogens (primary N) is 1. The van der Waals surface area contributed by atoms with Gasteiger partial charge in [-0.15, -0.1) is 0 Å². The number of hydrogen-bond acceptors (Lipinski definition) is 5. The van der Waals surface area contributed by atoms with E-state index < -0.39 is 0 Å². The lowest BCUT2D eigenvalue weighted by atomic mass is 10.1. The smallest absolute Gasteiger partial charge is 0.138 e. The summed E-state index contributed by atoms with van der Waals surface area (Å²) in [5.41, 5.74) is 3.95. The van der Waals surface area contributed by atoms with Crippen LogP contribution in [0.5, 0.6) is 5.75 Å². The molecule has 0 aliphatic rings. The summed E-state index contributed by atoms with van der Waals surface area (Å²) in [4.78, 5) is 6.62. The zero-order chi connectivity index (χ0) is 15.0. The Morgan fingerprint density at radius 2 is 2.00 bits per heavy atom. The summed E-state index contributed by atoms with van der Waals surface area (Å²) >= 11 is 0. The van der Waals surface area contributed by atoms with Crippen LogP contribution in [0.15, 0.2) is 18.5 Å². The zero-order valence-electron chi connectivity index (χ0n) is 13.1. The lowest BCUT2D eigenvalue weighted by Crippen LogP contribution is -2.32. The predicted molar refractivity (Wildman–Crippen MR) is 82.5 cm³/mol. The monoisotopic (exact) mass is 280 g/mol. The average molecular weight is 280 g/mol. The summed E-state index contributed by atoms with van der Waals surface area (Å²) in [6.07, 6.45) is 4.68. The van der Waals surface area contributed by atoms with E-state index in [-0.39, 0.29) is 12.1 Å². The molecule has 1 aromatic heterocycles. The fourth-order valence-corrected chi connectivity index (χ4v) is 2.16. The average Bonchev–Trinajstić information content (AvgIpc) is 2.43. The van der Waals surface area contributed by atoms with E-state index in [9.17, 15) is 0 Å². The van der Waals surface area contributed by atoms with Crippen LogP contribution in [0.4, 0.5) is 0 Å². The standard InChI is InChI=1S/C15H28N4O/c1-5-19(6-2)8-7-15(18-16)13-9-14(11-17-10-13)20-12(3)4/h9-12,15,18H,5-8,16H2,1-4H3. The molecule has 0 radical (unpaired) electrons. The lowest BCUT2D eigenvalue weighted by molar-refractivity contribution is 0.240. The highest BCUT2D eigenvalue weighted by Gasteiger charge is 2.13. The number of nitrogens with zero attached hydrogens (tertiary/aromatic N) is 2. The summed E-state index contributed by atoms with van der Waals surface area (Å²) in [6.45, 7) is 11.5. The molecule has 0 spiro atoms. The molecule has 114 valence electrons. The lowest BCUT2D eigenvalue weighted by Gasteiger charge is -2.22. The molecule has 5 nitrogen and oxygen atoms in total. The van der Waals surface area contributed by atoms with Crippen LogP contribution in [0.1, 0.15) is 45.7 Å². The summed E-state index contributed by atoms with van der Waals surface area (Å²) in [6, 6.07) is 2.11. The van der Waals surface area contributed by atoms with Gasteiger partial charge in [-0.2, -0.15) is 0 Å². The summed E-state index contributed by atoms with van der Waals surface area (Å²) in [7, 11) is 0. The number of hydrogen-bond donors (Lipinski definition) is 2. The van der Waals surface area contributed by atoms with Gasteiger partial charge in [0, 0.05) is 12.2 Å². The minimum Gasteiger partial charge on any atom is -0.489 e. The van der Waals surface area contributed by atoms with Crippen LogP contribution in [0.25, 0.3) is 0 Å². The largest absolute Gasteiger partial charge is 0.489 e. The Morgan fingerprint density at radius 1 is 1.30 bits per heavy atom. The molecule has 1 heterocycles. The molecule has 5 heteroatoms.